The van der Waals surface area contributed by atoms with Crippen molar-refractivity contribution in [2.24, 2.45) is 4.99 Å². The summed E-state index contributed by atoms with van der Waals surface area (Å²) in [6.45, 7) is 0. The molecule has 2 heteroatoms. The maximum atomic E-state index is 9.48. The molecule has 0 amide bonds. The van der Waals surface area contributed by atoms with E-state index in [4.69, 9.17) is 0 Å². The Hall–Kier alpha value is -0.920. The molecule has 1 aliphatic rings. The van der Waals surface area contributed by atoms with Gasteiger partial charge < -0.3 is 0 Å². The second-order valence-electron chi connectivity index (χ2n) is 0.932. The van der Waals surface area contributed by atoms with E-state index in [1.165, 1.54) is 0 Å². The Morgan fingerprint density at radius 3 is 2.50 bits per heavy atom. The molecule has 0 bridgehead atoms. The fraction of sp³-hybridized carbons (Fsp3) is 0. The van der Waals surface area contributed by atoms with Crippen molar-refractivity contribution in [3.8, 4) is 0 Å². The van der Waals surface area contributed by atoms with Crippen molar-refractivity contribution in [3.05, 3.63) is 12.3 Å². The Bertz CT molecular complexity index is 120. The van der Waals surface area contributed by atoms with Crippen LogP contribution >= 0.6 is 0 Å². The second-order valence-corrected chi connectivity index (χ2v) is 0.932. The summed E-state index contributed by atoms with van der Waals surface area (Å²) >= 11 is 0. The lowest BCUT2D eigenvalue weighted by molar-refractivity contribution is 0.567. The molecule has 0 saturated heterocycles. The Labute approximate surface area is 35.2 Å². The molecule has 0 aromatic rings. The molecule has 0 spiro atoms. The van der Waals surface area contributed by atoms with Gasteiger partial charge in [0.2, 0.25) is 0 Å². The molecular weight excluding hydrogens is 78.0 g/mol. The first-order valence-corrected chi connectivity index (χ1v) is 1.56. The highest BCUT2D eigenvalue weighted by Crippen LogP contribution is 1.89. The van der Waals surface area contributed by atoms with Gasteiger partial charge in [0.25, 0.3) is 6.29 Å². The van der Waals surface area contributed by atoms with E-state index in [1.54, 1.807) is 18.6 Å². The zero-order chi connectivity index (χ0) is 4.41. The molecular formula is C4H2NO. The zero-order valence-corrected chi connectivity index (χ0v) is 3.01. The van der Waals surface area contributed by atoms with Crippen LogP contribution in [0.2, 0.25) is 0 Å². The van der Waals surface area contributed by atoms with Gasteiger partial charge in [0.1, 0.15) is 5.71 Å². The third-order valence-electron chi connectivity index (χ3n) is 0.551. The van der Waals surface area contributed by atoms with Gasteiger partial charge in [-0.3, -0.25) is 9.79 Å². The average Bonchev–Trinajstić information content (AvgIpc) is 1.31. The van der Waals surface area contributed by atoms with E-state index >= 15 is 0 Å². The summed E-state index contributed by atoms with van der Waals surface area (Å²) in [7, 11) is 0. The summed E-state index contributed by atoms with van der Waals surface area (Å²) in [4.78, 5) is 13.0. The minimum Gasteiger partial charge on any atom is -0.283 e. The minimum atomic E-state index is 0.412. The van der Waals surface area contributed by atoms with Crippen molar-refractivity contribution in [1.29, 1.82) is 0 Å². The maximum absolute atomic E-state index is 9.48. The molecule has 0 unspecified atom stereocenters. The van der Waals surface area contributed by atoms with Gasteiger partial charge in [-0.1, -0.05) is 0 Å². The van der Waals surface area contributed by atoms with Crippen molar-refractivity contribution in [1.82, 2.24) is 0 Å². The second kappa shape index (κ2) is 1.05. The third-order valence-corrected chi connectivity index (χ3v) is 0.551. The summed E-state index contributed by atoms with van der Waals surface area (Å²) in [5, 5.41) is 0. The van der Waals surface area contributed by atoms with E-state index in [-0.39, 0.29) is 0 Å². The van der Waals surface area contributed by atoms with Crippen LogP contribution in [0.15, 0.2) is 17.3 Å². The average molecular weight is 80.1 g/mol. The Balaban J connectivity index is 2.57. The van der Waals surface area contributed by atoms with Crippen LogP contribution < -0.4 is 0 Å². The molecule has 1 rings (SSSR count). The van der Waals surface area contributed by atoms with Crippen LogP contribution in [0.3, 0.4) is 0 Å². The van der Waals surface area contributed by atoms with Gasteiger partial charge in [0.05, 0.1) is 0 Å². The lowest BCUT2D eigenvalue weighted by Crippen LogP contribution is -1.98. The largest absolute Gasteiger partial charge is 0.283 e. The summed E-state index contributed by atoms with van der Waals surface area (Å²) in [5.41, 5.74) is 0.412. The number of allylic oxidation sites excluding steroid dienone is 1. The van der Waals surface area contributed by atoms with E-state index < -0.39 is 0 Å². The molecule has 0 N–H and O–H groups in total. The van der Waals surface area contributed by atoms with Gasteiger partial charge in [-0.05, 0) is 6.08 Å². The predicted octanol–water partition coefficient (Wildman–Crippen LogP) is 0.0644. The first-order chi connectivity index (χ1) is 2.93. The van der Waals surface area contributed by atoms with Gasteiger partial charge in [-0.15, -0.1) is 0 Å². The number of nitrogens with zero attached hydrogens (tertiary/aromatic N) is 1. The van der Waals surface area contributed by atoms with Crippen molar-refractivity contribution >= 4 is 12.0 Å². The Morgan fingerprint density at radius 1 is 1.83 bits per heavy atom. The topological polar surface area (TPSA) is 29.4 Å². The molecule has 0 aliphatic carbocycles. The van der Waals surface area contributed by atoms with Crippen molar-refractivity contribution in [2.45, 2.75) is 0 Å². The van der Waals surface area contributed by atoms with E-state index in [0.29, 0.717) is 5.71 Å². The van der Waals surface area contributed by atoms with E-state index in [2.05, 4.69) is 4.99 Å². The molecule has 6 heavy (non-hydrogen) atoms. The van der Waals surface area contributed by atoms with Crippen molar-refractivity contribution in [3.63, 3.8) is 0 Å². The van der Waals surface area contributed by atoms with Gasteiger partial charge in [-0.25, -0.2) is 0 Å². The molecule has 1 radical (unpaired) electrons. The van der Waals surface area contributed by atoms with Crippen LogP contribution in [0.25, 0.3) is 0 Å². The molecule has 1 heterocycles. The molecule has 0 atom stereocenters. The van der Waals surface area contributed by atoms with Crippen LogP contribution in [0.5, 0.6) is 0 Å². The maximum Gasteiger partial charge on any atom is 0.253 e. The van der Waals surface area contributed by atoms with E-state index in [0.717, 1.165) is 0 Å². The molecule has 0 fully saturated rings. The number of aliphatic imine (C=N–C) groups is 1. The standard InChI is InChI=1S/C4H2NO/c6-3-4-1-2-5-4/h1-2H. The summed E-state index contributed by atoms with van der Waals surface area (Å²) in [5.74, 6) is 0. The van der Waals surface area contributed by atoms with Crippen molar-refractivity contribution < 1.29 is 4.79 Å². The third kappa shape index (κ3) is 0.266. The van der Waals surface area contributed by atoms with E-state index in [1.807, 2.05) is 0 Å². The lowest BCUT2D eigenvalue weighted by Gasteiger charge is -1.89. The van der Waals surface area contributed by atoms with Gasteiger partial charge in [0.15, 0.2) is 0 Å². The molecule has 1 aliphatic heterocycles. The highest BCUT2D eigenvalue weighted by molar-refractivity contribution is 6.36. The SMILES string of the molecule is O=[C]C1=NC=C1. The fourth-order valence-electron chi connectivity index (χ4n) is 0.209. The summed E-state index contributed by atoms with van der Waals surface area (Å²) < 4.78 is 0. The first kappa shape index (κ1) is 3.28. The van der Waals surface area contributed by atoms with Gasteiger partial charge in [-0.2, -0.15) is 0 Å². The van der Waals surface area contributed by atoms with Crippen LogP contribution in [-0.2, 0) is 4.79 Å². The monoisotopic (exact) mass is 80.0 g/mol. The lowest BCUT2D eigenvalue weighted by atomic mass is 10.3. The molecule has 0 aromatic carbocycles. The minimum absolute atomic E-state index is 0.412. The predicted molar refractivity (Wildman–Crippen MR) is 22.3 cm³/mol. The number of hydrogen-bond donors (Lipinski definition) is 0. The first-order valence-electron chi connectivity index (χ1n) is 1.56. The smallest absolute Gasteiger partial charge is 0.253 e. The Morgan fingerprint density at radius 2 is 2.50 bits per heavy atom. The molecule has 0 saturated carbocycles. The molecule has 2 nitrogen and oxygen atoms in total. The number of rotatable bonds is 1. The van der Waals surface area contributed by atoms with Crippen LogP contribution in [0.1, 0.15) is 0 Å². The van der Waals surface area contributed by atoms with Crippen LogP contribution in [0.4, 0.5) is 0 Å². The molecule has 0 aromatic heterocycles. The van der Waals surface area contributed by atoms with E-state index in [9.17, 15) is 4.79 Å². The van der Waals surface area contributed by atoms with Gasteiger partial charge >= 0.3 is 0 Å². The van der Waals surface area contributed by atoms with Crippen LogP contribution in [0, 0.1) is 0 Å². The van der Waals surface area contributed by atoms with Gasteiger partial charge in [0, 0.05) is 6.20 Å². The highest BCUT2D eigenvalue weighted by atomic mass is 16.1. The summed E-state index contributed by atoms with van der Waals surface area (Å²) in [6, 6.07) is 0. The number of carbonyl (C=O) groups excluding carboxylic acids is 1. The fourth-order valence-corrected chi connectivity index (χ4v) is 0.209. The highest BCUT2D eigenvalue weighted by Gasteiger charge is 1.94. The van der Waals surface area contributed by atoms with Crippen molar-refractivity contribution in [2.75, 3.05) is 0 Å². The Kier molecular flexibility index (Phi) is 0.572. The van der Waals surface area contributed by atoms with Crippen LogP contribution in [-0.4, -0.2) is 12.0 Å². The normalized spacial score (nSPS) is 15.7. The summed E-state index contributed by atoms with van der Waals surface area (Å²) in [6.07, 6.45) is 4.77. The number of hydrogen-bond acceptors (Lipinski definition) is 2. The molecule has 29 valence electrons. The zero-order valence-electron chi connectivity index (χ0n) is 3.01. The quantitative estimate of drug-likeness (QED) is 0.438.